The van der Waals surface area contributed by atoms with Gasteiger partial charge in [-0.1, -0.05) is 6.07 Å². The summed E-state index contributed by atoms with van der Waals surface area (Å²) in [6.45, 7) is 2.97. The molecule has 0 spiro atoms. The average molecular weight is 278 g/mol. The molecule has 1 aromatic heterocycles. The molecule has 1 aromatic carbocycles. The van der Waals surface area contributed by atoms with E-state index in [1.165, 1.54) is 17.0 Å². The van der Waals surface area contributed by atoms with Crippen LogP contribution in [0.25, 0.3) is 0 Å². The van der Waals surface area contributed by atoms with E-state index in [1.807, 2.05) is 24.4 Å². The van der Waals surface area contributed by atoms with Gasteiger partial charge in [-0.25, -0.2) is 0 Å². The lowest BCUT2D eigenvalue weighted by atomic mass is 10.2. The molecule has 0 aliphatic rings. The number of thiophene rings is 1. The van der Waals surface area contributed by atoms with Crippen molar-refractivity contribution < 1.29 is 9.66 Å². The van der Waals surface area contributed by atoms with Gasteiger partial charge >= 0.3 is 0 Å². The van der Waals surface area contributed by atoms with Gasteiger partial charge in [-0.2, -0.15) is 0 Å². The molecule has 0 aliphatic carbocycles. The highest BCUT2D eigenvalue weighted by Crippen LogP contribution is 2.26. The molecular formula is C13H14N2O3S. The fourth-order valence-electron chi connectivity index (χ4n) is 1.64. The molecule has 0 aliphatic heterocycles. The van der Waals surface area contributed by atoms with Crippen LogP contribution in [0.5, 0.6) is 5.75 Å². The minimum Gasteiger partial charge on any atom is -0.494 e. The van der Waals surface area contributed by atoms with Crippen molar-refractivity contribution in [3.05, 3.63) is 50.7 Å². The van der Waals surface area contributed by atoms with Crippen molar-refractivity contribution >= 4 is 22.7 Å². The van der Waals surface area contributed by atoms with Crippen LogP contribution in [0, 0.1) is 10.1 Å². The Morgan fingerprint density at radius 1 is 1.42 bits per heavy atom. The Hall–Kier alpha value is -2.08. The zero-order chi connectivity index (χ0) is 13.7. The van der Waals surface area contributed by atoms with Crippen LogP contribution < -0.4 is 10.1 Å². The molecule has 6 heteroatoms. The molecule has 0 radical (unpaired) electrons. The highest BCUT2D eigenvalue weighted by Gasteiger charge is 2.10. The first kappa shape index (κ1) is 13.4. The van der Waals surface area contributed by atoms with Crippen molar-refractivity contribution in [2.45, 2.75) is 13.5 Å². The van der Waals surface area contributed by atoms with Gasteiger partial charge in [-0.15, -0.1) is 11.3 Å². The maximum Gasteiger partial charge on any atom is 0.275 e. The predicted octanol–water partition coefficient (Wildman–Crippen LogP) is 3.67. The van der Waals surface area contributed by atoms with Gasteiger partial charge in [0.2, 0.25) is 0 Å². The third kappa shape index (κ3) is 3.69. The van der Waals surface area contributed by atoms with Crippen LogP contribution in [0.15, 0.2) is 35.7 Å². The Balaban J connectivity index is 2.16. The number of anilines is 1. The van der Waals surface area contributed by atoms with E-state index in [-0.39, 0.29) is 5.69 Å². The molecular weight excluding hydrogens is 264 g/mol. The number of ether oxygens (including phenoxy) is 1. The number of rotatable bonds is 6. The molecule has 0 amide bonds. The van der Waals surface area contributed by atoms with Gasteiger partial charge in [0.15, 0.2) is 0 Å². The molecule has 0 atom stereocenters. The summed E-state index contributed by atoms with van der Waals surface area (Å²) in [5.74, 6) is 0.505. The zero-order valence-corrected chi connectivity index (χ0v) is 11.3. The summed E-state index contributed by atoms with van der Waals surface area (Å²) in [5, 5.41) is 16.0. The van der Waals surface area contributed by atoms with Crippen molar-refractivity contribution in [1.82, 2.24) is 0 Å². The van der Waals surface area contributed by atoms with E-state index in [1.54, 1.807) is 17.4 Å². The fraction of sp³-hybridized carbons (Fsp3) is 0.231. The monoisotopic (exact) mass is 278 g/mol. The second-order valence-corrected chi connectivity index (χ2v) is 4.87. The minimum atomic E-state index is -0.418. The summed E-state index contributed by atoms with van der Waals surface area (Å²) in [6.07, 6.45) is 0. The number of nitro benzene ring substituents is 1. The Morgan fingerprint density at radius 2 is 2.26 bits per heavy atom. The van der Waals surface area contributed by atoms with Crippen molar-refractivity contribution in [3.63, 3.8) is 0 Å². The van der Waals surface area contributed by atoms with Gasteiger partial charge in [-0.3, -0.25) is 10.1 Å². The van der Waals surface area contributed by atoms with Gasteiger partial charge in [-0.05, 0) is 18.4 Å². The van der Waals surface area contributed by atoms with Crippen molar-refractivity contribution in [1.29, 1.82) is 0 Å². The number of nitro groups is 1. The Bertz CT molecular complexity index is 555. The Morgan fingerprint density at radius 3 is 2.89 bits per heavy atom. The largest absolute Gasteiger partial charge is 0.494 e. The third-order valence-electron chi connectivity index (χ3n) is 2.46. The van der Waals surface area contributed by atoms with Crippen LogP contribution >= 0.6 is 11.3 Å². The van der Waals surface area contributed by atoms with Crippen LogP contribution in [0.4, 0.5) is 11.4 Å². The number of nitrogens with zero attached hydrogens (tertiary/aromatic N) is 1. The van der Waals surface area contributed by atoms with Crippen LogP contribution in [0.2, 0.25) is 0 Å². The smallest absolute Gasteiger partial charge is 0.275 e. The fourth-order valence-corrected chi connectivity index (χ4v) is 2.29. The molecule has 1 N–H and O–H groups in total. The zero-order valence-electron chi connectivity index (χ0n) is 10.5. The van der Waals surface area contributed by atoms with E-state index in [0.717, 1.165) is 0 Å². The predicted molar refractivity (Wildman–Crippen MR) is 75.9 cm³/mol. The van der Waals surface area contributed by atoms with Gasteiger partial charge < -0.3 is 10.1 Å². The van der Waals surface area contributed by atoms with Gasteiger partial charge in [0, 0.05) is 29.2 Å². The molecule has 100 valence electrons. The molecule has 2 aromatic rings. The van der Waals surface area contributed by atoms with Crippen LogP contribution in [-0.2, 0) is 6.54 Å². The lowest BCUT2D eigenvalue weighted by Crippen LogP contribution is -2.00. The summed E-state index contributed by atoms with van der Waals surface area (Å²) in [4.78, 5) is 11.6. The second kappa shape index (κ2) is 6.19. The highest BCUT2D eigenvalue weighted by molar-refractivity contribution is 7.09. The van der Waals surface area contributed by atoms with Gasteiger partial charge in [0.05, 0.1) is 17.6 Å². The van der Waals surface area contributed by atoms with Crippen LogP contribution in [0.1, 0.15) is 11.8 Å². The van der Waals surface area contributed by atoms with Crippen LogP contribution in [0.3, 0.4) is 0 Å². The van der Waals surface area contributed by atoms with Crippen molar-refractivity contribution in [2.24, 2.45) is 0 Å². The number of nitrogens with one attached hydrogen (secondary N) is 1. The molecule has 1 heterocycles. The normalized spacial score (nSPS) is 10.2. The SMILES string of the molecule is CCOc1cc(NCc2cccs2)cc([N+](=O)[O-])c1. The Kier molecular flexibility index (Phi) is 4.35. The maximum atomic E-state index is 10.9. The first-order valence-electron chi connectivity index (χ1n) is 5.87. The number of hydrogen-bond acceptors (Lipinski definition) is 5. The number of benzene rings is 1. The molecule has 19 heavy (non-hydrogen) atoms. The quantitative estimate of drug-likeness (QED) is 0.647. The molecule has 5 nitrogen and oxygen atoms in total. The molecule has 0 fully saturated rings. The topological polar surface area (TPSA) is 64.4 Å². The average Bonchev–Trinajstić information content (AvgIpc) is 2.89. The van der Waals surface area contributed by atoms with Crippen LogP contribution in [-0.4, -0.2) is 11.5 Å². The third-order valence-corrected chi connectivity index (χ3v) is 3.34. The van der Waals surface area contributed by atoms with E-state index in [2.05, 4.69) is 5.32 Å². The number of hydrogen-bond donors (Lipinski definition) is 1. The van der Waals surface area contributed by atoms with E-state index in [4.69, 9.17) is 4.74 Å². The summed E-state index contributed by atoms with van der Waals surface area (Å²) in [6, 6.07) is 8.69. The standard InChI is InChI=1S/C13H14N2O3S/c1-2-18-12-7-10(6-11(8-12)15(16)17)14-9-13-4-3-5-19-13/h3-8,14H,2,9H2,1H3. The molecule has 0 saturated carbocycles. The van der Waals surface area contributed by atoms with E-state index >= 15 is 0 Å². The highest BCUT2D eigenvalue weighted by atomic mass is 32.1. The maximum absolute atomic E-state index is 10.9. The number of non-ortho nitro benzene ring substituents is 1. The Labute approximate surface area is 115 Å². The van der Waals surface area contributed by atoms with Gasteiger partial charge in [0.1, 0.15) is 5.75 Å². The summed E-state index contributed by atoms with van der Waals surface area (Å²) in [5.41, 5.74) is 0.714. The molecule has 0 bridgehead atoms. The minimum absolute atomic E-state index is 0.0274. The first-order valence-corrected chi connectivity index (χ1v) is 6.75. The van der Waals surface area contributed by atoms with Crippen molar-refractivity contribution in [3.8, 4) is 5.75 Å². The molecule has 0 saturated heterocycles. The van der Waals surface area contributed by atoms with E-state index < -0.39 is 4.92 Å². The van der Waals surface area contributed by atoms with Crippen molar-refractivity contribution in [2.75, 3.05) is 11.9 Å². The lowest BCUT2D eigenvalue weighted by Gasteiger charge is -2.08. The molecule has 2 rings (SSSR count). The lowest BCUT2D eigenvalue weighted by molar-refractivity contribution is -0.384. The summed E-state index contributed by atoms with van der Waals surface area (Å²) in [7, 11) is 0. The summed E-state index contributed by atoms with van der Waals surface area (Å²) >= 11 is 1.64. The summed E-state index contributed by atoms with van der Waals surface area (Å²) < 4.78 is 5.33. The first-order chi connectivity index (χ1) is 9.19. The van der Waals surface area contributed by atoms with Gasteiger partial charge in [0.25, 0.3) is 5.69 Å². The van der Waals surface area contributed by atoms with E-state index in [0.29, 0.717) is 24.6 Å². The second-order valence-electron chi connectivity index (χ2n) is 3.84. The molecule has 0 unspecified atom stereocenters. The van der Waals surface area contributed by atoms with E-state index in [9.17, 15) is 10.1 Å².